The predicted octanol–water partition coefficient (Wildman–Crippen LogP) is 0.259. The standard InChI is InChI=1S/C4H5N5S/c5-2-1-3-6-4-7-8-9-10-4/h1,3H2,(H,6,7,9). The molecule has 5 nitrogen and oxygen atoms in total. The van der Waals surface area contributed by atoms with Crippen molar-refractivity contribution in [2.45, 2.75) is 6.42 Å². The van der Waals surface area contributed by atoms with Gasteiger partial charge >= 0.3 is 0 Å². The van der Waals surface area contributed by atoms with Gasteiger partial charge in [-0.25, -0.2) is 0 Å². The highest BCUT2D eigenvalue weighted by atomic mass is 32.1. The fourth-order valence-corrected chi connectivity index (χ4v) is 0.817. The molecular formula is C4H5N5S. The van der Waals surface area contributed by atoms with Crippen LogP contribution in [0.1, 0.15) is 6.42 Å². The number of nitrogens with zero attached hydrogens (tertiary/aromatic N) is 4. The lowest BCUT2D eigenvalue weighted by molar-refractivity contribution is 0.948. The Morgan fingerprint density at radius 1 is 1.70 bits per heavy atom. The molecule has 1 N–H and O–H groups in total. The number of rotatable bonds is 3. The summed E-state index contributed by atoms with van der Waals surface area (Å²) in [6.45, 7) is 0.605. The van der Waals surface area contributed by atoms with E-state index in [1.54, 1.807) is 0 Å². The molecule has 0 amide bonds. The third-order valence-electron chi connectivity index (χ3n) is 0.812. The van der Waals surface area contributed by atoms with E-state index in [-0.39, 0.29) is 0 Å². The summed E-state index contributed by atoms with van der Waals surface area (Å²) in [5.41, 5.74) is 0. The highest BCUT2D eigenvalue weighted by Gasteiger charge is 1.93. The van der Waals surface area contributed by atoms with E-state index in [1.807, 2.05) is 6.07 Å². The smallest absolute Gasteiger partial charge is 0.225 e. The summed E-state index contributed by atoms with van der Waals surface area (Å²) in [5, 5.41) is 18.7. The monoisotopic (exact) mass is 155 g/mol. The second-order valence-electron chi connectivity index (χ2n) is 1.50. The topological polar surface area (TPSA) is 74.5 Å². The zero-order valence-electron chi connectivity index (χ0n) is 5.11. The minimum absolute atomic E-state index is 0.472. The van der Waals surface area contributed by atoms with Crippen molar-refractivity contribution in [2.24, 2.45) is 0 Å². The number of hydrogen-bond donors (Lipinski definition) is 1. The molecule has 0 aliphatic carbocycles. The first-order valence-corrected chi connectivity index (χ1v) is 3.46. The summed E-state index contributed by atoms with van der Waals surface area (Å²) >= 11 is 1.18. The number of hydrogen-bond acceptors (Lipinski definition) is 6. The molecule has 6 heteroatoms. The maximum atomic E-state index is 8.16. The first kappa shape index (κ1) is 6.89. The number of anilines is 1. The number of nitrogens with one attached hydrogen (secondary N) is 1. The van der Waals surface area contributed by atoms with Gasteiger partial charge in [-0.3, -0.25) is 0 Å². The van der Waals surface area contributed by atoms with E-state index < -0.39 is 0 Å². The molecule has 0 spiro atoms. The first-order chi connectivity index (χ1) is 4.93. The van der Waals surface area contributed by atoms with Crippen LogP contribution in [0.2, 0.25) is 0 Å². The maximum absolute atomic E-state index is 8.16. The van der Waals surface area contributed by atoms with Crippen molar-refractivity contribution in [3.05, 3.63) is 0 Å². The van der Waals surface area contributed by atoms with Crippen LogP contribution in [-0.2, 0) is 0 Å². The van der Waals surface area contributed by atoms with Crippen LogP contribution in [-0.4, -0.2) is 21.3 Å². The van der Waals surface area contributed by atoms with Crippen LogP contribution in [0.5, 0.6) is 0 Å². The summed E-state index contributed by atoms with van der Waals surface area (Å²) in [7, 11) is 0. The van der Waals surface area contributed by atoms with Crippen LogP contribution < -0.4 is 5.32 Å². The van der Waals surface area contributed by atoms with E-state index in [0.717, 1.165) is 0 Å². The molecule has 0 unspecified atom stereocenters. The molecule has 0 saturated carbocycles. The van der Waals surface area contributed by atoms with Gasteiger partial charge in [0.1, 0.15) is 0 Å². The van der Waals surface area contributed by atoms with Gasteiger partial charge in [-0.05, 0) is 5.21 Å². The van der Waals surface area contributed by atoms with Crippen LogP contribution in [0.25, 0.3) is 0 Å². The van der Waals surface area contributed by atoms with Crippen LogP contribution in [0.15, 0.2) is 0 Å². The molecule has 0 fully saturated rings. The summed E-state index contributed by atoms with van der Waals surface area (Å²) in [6, 6.07) is 2.00. The van der Waals surface area contributed by atoms with Crippen LogP contribution in [0, 0.1) is 11.3 Å². The van der Waals surface area contributed by atoms with Gasteiger partial charge in [0.05, 0.1) is 12.5 Å². The van der Waals surface area contributed by atoms with Crippen LogP contribution in [0.4, 0.5) is 5.13 Å². The normalized spacial score (nSPS) is 8.70. The molecule has 0 radical (unpaired) electrons. The Kier molecular flexibility index (Phi) is 2.58. The van der Waals surface area contributed by atoms with E-state index in [2.05, 4.69) is 20.1 Å². The fraction of sp³-hybridized carbons (Fsp3) is 0.500. The molecule has 1 aromatic rings. The lowest BCUT2D eigenvalue weighted by Gasteiger charge is -1.92. The molecule has 1 rings (SSSR count). The third-order valence-corrected chi connectivity index (χ3v) is 1.37. The van der Waals surface area contributed by atoms with Crippen molar-refractivity contribution in [2.75, 3.05) is 11.9 Å². The minimum Gasteiger partial charge on any atom is -0.358 e. The molecule has 0 aliphatic rings. The number of aromatic nitrogens is 3. The quantitative estimate of drug-likeness (QED) is 0.633. The van der Waals surface area contributed by atoms with E-state index in [4.69, 9.17) is 5.26 Å². The van der Waals surface area contributed by atoms with Crippen molar-refractivity contribution in [3.63, 3.8) is 0 Å². The SMILES string of the molecule is N#CCCNc1nnns1. The average molecular weight is 155 g/mol. The summed E-state index contributed by atoms with van der Waals surface area (Å²) in [4.78, 5) is 0. The molecule has 0 saturated heterocycles. The van der Waals surface area contributed by atoms with E-state index in [1.165, 1.54) is 11.5 Å². The number of nitriles is 1. The Labute approximate surface area is 61.8 Å². The molecular weight excluding hydrogens is 150 g/mol. The van der Waals surface area contributed by atoms with Crippen molar-refractivity contribution in [1.29, 1.82) is 5.26 Å². The van der Waals surface area contributed by atoms with Gasteiger partial charge in [-0.15, -0.1) is 0 Å². The van der Waals surface area contributed by atoms with Gasteiger partial charge in [-0.2, -0.15) is 5.26 Å². The zero-order valence-corrected chi connectivity index (χ0v) is 5.93. The molecule has 0 atom stereocenters. The van der Waals surface area contributed by atoms with Gasteiger partial charge in [0, 0.05) is 18.1 Å². The lowest BCUT2D eigenvalue weighted by Crippen LogP contribution is -1.99. The fourth-order valence-electron chi connectivity index (χ4n) is 0.427. The Bertz CT molecular complexity index is 212. The third kappa shape index (κ3) is 1.95. The van der Waals surface area contributed by atoms with Gasteiger partial charge in [-0.1, -0.05) is 9.59 Å². The van der Waals surface area contributed by atoms with E-state index in [0.29, 0.717) is 18.1 Å². The van der Waals surface area contributed by atoms with Crippen LogP contribution in [0.3, 0.4) is 0 Å². The van der Waals surface area contributed by atoms with Gasteiger partial charge in [0.25, 0.3) is 0 Å². The summed E-state index contributed by atoms with van der Waals surface area (Å²) in [6.07, 6.45) is 0.472. The van der Waals surface area contributed by atoms with Crippen molar-refractivity contribution >= 4 is 16.7 Å². The van der Waals surface area contributed by atoms with Crippen molar-refractivity contribution in [1.82, 2.24) is 14.8 Å². The molecule has 0 aromatic carbocycles. The Morgan fingerprint density at radius 2 is 2.60 bits per heavy atom. The van der Waals surface area contributed by atoms with E-state index in [9.17, 15) is 0 Å². The molecule has 10 heavy (non-hydrogen) atoms. The molecule has 1 heterocycles. The van der Waals surface area contributed by atoms with Gasteiger partial charge in [0.15, 0.2) is 0 Å². The van der Waals surface area contributed by atoms with E-state index >= 15 is 0 Å². The minimum atomic E-state index is 0.472. The van der Waals surface area contributed by atoms with Crippen molar-refractivity contribution < 1.29 is 0 Å². The van der Waals surface area contributed by atoms with Gasteiger partial charge in [0.2, 0.25) is 5.13 Å². The molecule has 0 bridgehead atoms. The van der Waals surface area contributed by atoms with Crippen molar-refractivity contribution in [3.8, 4) is 6.07 Å². The highest BCUT2D eigenvalue weighted by molar-refractivity contribution is 7.09. The van der Waals surface area contributed by atoms with Gasteiger partial charge < -0.3 is 5.32 Å². The Balaban J connectivity index is 2.23. The zero-order chi connectivity index (χ0) is 7.23. The summed E-state index contributed by atoms with van der Waals surface area (Å²) < 4.78 is 3.54. The lowest BCUT2D eigenvalue weighted by atomic mass is 10.5. The second kappa shape index (κ2) is 3.74. The van der Waals surface area contributed by atoms with Crippen LogP contribution >= 0.6 is 11.5 Å². The Morgan fingerprint density at radius 3 is 3.20 bits per heavy atom. The molecule has 52 valence electrons. The largest absolute Gasteiger partial charge is 0.358 e. The molecule has 1 aromatic heterocycles. The second-order valence-corrected chi connectivity index (χ2v) is 2.23. The average Bonchev–Trinajstić information content (AvgIpc) is 2.41. The molecule has 0 aliphatic heterocycles. The first-order valence-electron chi connectivity index (χ1n) is 2.69. The maximum Gasteiger partial charge on any atom is 0.225 e. The predicted molar refractivity (Wildman–Crippen MR) is 36.4 cm³/mol. The Hall–Kier alpha value is -1.22. The highest BCUT2D eigenvalue weighted by Crippen LogP contribution is 2.03. The summed E-state index contributed by atoms with van der Waals surface area (Å²) in [5.74, 6) is 0.